The normalized spacial score (nSPS) is 11.5. The first-order valence-corrected chi connectivity index (χ1v) is 6.81. The summed E-state index contributed by atoms with van der Waals surface area (Å²) in [6.07, 6.45) is 0. The molecule has 1 aromatic carbocycles. The number of sulfonamides is 1. The summed E-state index contributed by atoms with van der Waals surface area (Å²) in [5.41, 5.74) is 6.61. The lowest BCUT2D eigenvalue weighted by Crippen LogP contribution is -2.16. The minimum atomic E-state index is -3.82. The molecule has 1 heterocycles. The molecule has 0 spiro atoms. The Morgan fingerprint density at radius 2 is 1.84 bits per heavy atom. The van der Waals surface area contributed by atoms with Crippen LogP contribution in [0.15, 0.2) is 35.4 Å². The number of carbonyl (C=O) groups is 1. The van der Waals surface area contributed by atoms with E-state index in [1.807, 2.05) is 0 Å². The van der Waals surface area contributed by atoms with Crippen LogP contribution in [0.4, 0.5) is 0 Å². The molecule has 0 fully saturated rings. The van der Waals surface area contributed by atoms with Gasteiger partial charge in [0.1, 0.15) is 0 Å². The first kappa shape index (κ1) is 13.2. The standard InChI is InChI=1S/C11H12N4O3S/c1-15-10(19(13,17)18)6-9(14-15)7-2-4-8(5-3-7)11(12)16/h2-6H,1H3,(H2,12,16)(H2,13,17,18). The summed E-state index contributed by atoms with van der Waals surface area (Å²) in [5, 5.41) is 9.04. The van der Waals surface area contributed by atoms with Gasteiger partial charge in [0.25, 0.3) is 10.0 Å². The molecule has 1 aromatic heterocycles. The van der Waals surface area contributed by atoms with Crippen molar-refractivity contribution in [2.45, 2.75) is 5.03 Å². The zero-order chi connectivity index (χ0) is 14.2. The highest BCUT2D eigenvalue weighted by atomic mass is 32.2. The van der Waals surface area contributed by atoms with Crippen LogP contribution < -0.4 is 10.9 Å². The van der Waals surface area contributed by atoms with Gasteiger partial charge in [-0.05, 0) is 12.1 Å². The average molecular weight is 280 g/mol. The molecule has 4 N–H and O–H groups in total. The fourth-order valence-electron chi connectivity index (χ4n) is 1.66. The van der Waals surface area contributed by atoms with E-state index in [4.69, 9.17) is 10.9 Å². The largest absolute Gasteiger partial charge is 0.366 e. The minimum Gasteiger partial charge on any atom is -0.366 e. The Morgan fingerprint density at radius 3 is 2.26 bits per heavy atom. The topological polar surface area (TPSA) is 121 Å². The number of hydrogen-bond donors (Lipinski definition) is 2. The number of nitrogens with zero attached hydrogens (tertiary/aromatic N) is 2. The predicted octanol–water partition coefficient (Wildman–Crippen LogP) is -0.167. The summed E-state index contributed by atoms with van der Waals surface area (Å²) in [7, 11) is -2.33. The van der Waals surface area contributed by atoms with Gasteiger partial charge in [0.05, 0.1) is 5.69 Å². The van der Waals surface area contributed by atoms with E-state index in [0.717, 1.165) is 0 Å². The summed E-state index contributed by atoms with van der Waals surface area (Å²) in [6, 6.07) is 7.73. The number of amides is 1. The highest BCUT2D eigenvalue weighted by Gasteiger charge is 2.16. The third-order valence-corrected chi connectivity index (χ3v) is 3.56. The summed E-state index contributed by atoms with van der Waals surface area (Å²) in [4.78, 5) is 10.9. The molecule has 2 aromatic rings. The van der Waals surface area contributed by atoms with Gasteiger partial charge in [0.15, 0.2) is 5.03 Å². The van der Waals surface area contributed by atoms with E-state index in [1.165, 1.54) is 17.8 Å². The van der Waals surface area contributed by atoms with E-state index >= 15 is 0 Å². The number of carbonyl (C=O) groups excluding carboxylic acids is 1. The van der Waals surface area contributed by atoms with Gasteiger partial charge in [-0.15, -0.1) is 0 Å². The summed E-state index contributed by atoms with van der Waals surface area (Å²) >= 11 is 0. The Hall–Kier alpha value is -2.19. The second kappa shape index (κ2) is 4.48. The van der Waals surface area contributed by atoms with Gasteiger partial charge in [-0.2, -0.15) is 5.10 Å². The van der Waals surface area contributed by atoms with Crippen molar-refractivity contribution in [2.75, 3.05) is 0 Å². The minimum absolute atomic E-state index is 0.0820. The number of hydrogen-bond acceptors (Lipinski definition) is 4. The van der Waals surface area contributed by atoms with Crippen LogP contribution in [0.3, 0.4) is 0 Å². The Labute approximate surface area is 109 Å². The van der Waals surface area contributed by atoms with Crippen LogP contribution in [0, 0.1) is 0 Å². The van der Waals surface area contributed by atoms with Crippen molar-refractivity contribution in [1.29, 1.82) is 0 Å². The summed E-state index contributed by atoms with van der Waals surface area (Å²) < 4.78 is 23.8. The lowest BCUT2D eigenvalue weighted by Gasteiger charge is -1.98. The molecular weight excluding hydrogens is 268 g/mol. The van der Waals surface area contributed by atoms with Gasteiger partial charge < -0.3 is 5.73 Å². The molecule has 8 heteroatoms. The molecular formula is C11H12N4O3S. The zero-order valence-corrected chi connectivity index (χ0v) is 10.9. The molecule has 0 saturated carbocycles. The van der Waals surface area contributed by atoms with Gasteiger partial charge in [-0.1, -0.05) is 12.1 Å². The molecule has 0 radical (unpaired) electrons. The van der Waals surface area contributed by atoms with Gasteiger partial charge >= 0.3 is 0 Å². The van der Waals surface area contributed by atoms with Crippen LogP contribution in [0.5, 0.6) is 0 Å². The molecule has 0 aliphatic heterocycles. The molecule has 0 unspecified atom stereocenters. The molecule has 0 aliphatic carbocycles. The number of rotatable bonds is 3. The van der Waals surface area contributed by atoms with Crippen LogP contribution in [0.1, 0.15) is 10.4 Å². The molecule has 0 aliphatic rings. The Balaban J connectivity index is 2.46. The molecule has 0 saturated heterocycles. The molecule has 100 valence electrons. The van der Waals surface area contributed by atoms with Crippen LogP contribution in [-0.4, -0.2) is 24.1 Å². The smallest absolute Gasteiger partial charge is 0.255 e. The Kier molecular flexibility index (Phi) is 3.13. The fourth-order valence-corrected chi connectivity index (χ4v) is 2.35. The van der Waals surface area contributed by atoms with E-state index in [2.05, 4.69) is 5.10 Å². The van der Waals surface area contributed by atoms with E-state index in [9.17, 15) is 13.2 Å². The van der Waals surface area contributed by atoms with E-state index in [1.54, 1.807) is 24.3 Å². The molecule has 0 atom stereocenters. The van der Waals surface area contributed by atoms with Crippen molar-refractivity contribution >= 4 is 15.9 Å². The average Bonchev–Trinajstić information content (AvgIpc) is 2.71. The maximum Gasteiger partial charge on any atom is 0.255 e. The lowest BCUT2D eigenvalue weighted by molar-refractivity contribution is 0.100. The van der Waals surface area contributed by atoms with E-state index < -0.39 is 15.9 Å². The quantitative estimate of drug-likeness (QED) is 0.810. The highest BCUT2D eigenvalue weighted by Crippen LogP contribution is 2.21. The molecule has 7 nitrogen and oxygen atoms in total. The van der Waals surface area contributed by atoms with Crippen molar-refractivity contribution in [1.82, 2.24) is 9.78 Å². The first-order chi connectivity index (χ1) is 8.79. The highest BCUT2D eigenvalue weighted by molar-refractivity contribution is 7.89. The van der Waals surface area contributed by atoms with Crippen molar-refractivity contribution in [2.24, 2.45) is 17.9 Å². The van der Waals surface area contributed by atoms with Crippen LogP contribution in [0.25, 0.3) is 11.3 Å². The van der Waals surface area contributed by atoms with Crippen molar-refractivity contribution in [3.63, 3.8) is 0 Å². The van der Waals surface area contributed by atoms with Gasteiger partial charge in [0.2, 0.25) is 5.91 Å². The maximum atomic E-state index is 11.3. The molecule has 19 heavy (non-hydrogen) atoms. The first-order valence-electron chi connectivity index (χ1n) is 5.26. The number of primary amides is 1. The second-order valence-corrected chi connectivity index (χ2v) is 5.49. The zero-order valence-electron chi connectivity index (χ0n) is 10.1. The van der Waals surface area contributed by atoms with E-state index in [-0.39, 0.29) is 5.03 Å². The van der Waals surface area contributed by atoms with E-state index in [0.29, 0.717) is 16.8 Å². The van der Waals surface area contributed by atoms with Gasteiger partial charge in [-0.25, -0.2) is 13.6 Å². The van der Waals surface area contributed by atoms with Crippen LogP contribution in [0.2, 0.25) is 0 Å². The Morgan fingerprint density at radius 1 is 1.26 bits per heavy atom. The third kappa shape index (κ3) is 2.64. The molecule has 2 rings (SSSR count). The number of aromatic nitrogens is 2. The Bertz CT molecular complexity index is 732. The predicted molar refractivity (Wildman–Crippen MR) is 68.5 cm³/mol. The van der Waals surface area contributed by atoms with Gasteiger partial charge in [-0.3, -0.25) is 9.48 Å². The number of aryl methyl sites for hydroxylation is 1. The number of primary sulfonamides is 1. The number of nitrogens with two attached hydrogens (primary N) is 2. The fraction of sp³-hybridized carbons (Fsp3) is 0.0909. The summed E-state index contributed by atoms with van der Waals surface area (Å²) in [5.74, 6) is -0.530. The monoisotopic (exact) mass is 280 g/mol. The molecule has 1 amide bonds. The van der Waals surface area contributed by atoms with Crippen LogP contribution >= 0.6 is 0 Å². The second-order valence-electron chi connectivity index (χ2n) is 3.98. The van der Waals surface area contributed by atoms with Crippen molar-refractivity contribution in [3.05, 3.63) is 35.9 Å². The van der Waals surface area contributed by atoms with Gasteiger partial charge in [0, 0.05) is 24.2 Å². The summed E-state index contributed by atoms with van der Waals surface area (Å²) in [6.45, 7) is 0. The number of benzene rings is 1. The lowest BCUT2D eigenvalue weighted by atomic mass is 10.1. The maximum absolute atomic E-state index is 11.3. The van der Waals surface area contributed by atoms with Crippen LogP contribution in [-0.2, 0) is 17.1 Å². The van der Waals surface area contributed by atoms with Crippen molar-refractivity contribution < 1.29 is 13.2 Å². The van der Waals surface area contributed by atoms with Crippen molar-refractivity contribution in [3.8, 4) is 11.3 Å². The SMILES string of the molecule is Cn1nc(-c2ccc(C(N)=O)cc2)cc1S(N)(=O)=O. The molecule has 0 bridgehead atoms. The third-order valence-electron chi connectivity index (χ3n) is 2.59.